The SMILES string of the molecule is Cc1cc(Nc2c(C(N)=O)sc3c2ccc(=O)n3C2CC2)ccc1F. The van der Waals surface area contributed by atoms with Crippen LogP contribution in [0, 0.1) is 12.7 Å². The van der Waals surface area contributed by atoms with Crippen molar-refractivity contribution < 1.29 is 9.18 Å². The summed E-state index contributed by atoms with van der Waals surface area (Å²) in [6.45, 7) is 1.67. The van der Waals surface area contributed by atoms with Crippen LogP contribution >= 0.6 is 11.3 Å². The quantitative estimate of drug-likeness (QED) is 0.748. The number of nitrogens with one attached hydrogen (secondary N) is 1. The molecule has 3 N–H and O–H groups in total. The van der Waals surface area contributed by atoms with Gasteiger partial charge < -0.3 is 11.1 Å². The van der Waals surface area contributed by atoms with E-state index in [4.69, 9.17) is 5.73 Å². The first kappa shape index (κ1) is 15.8. The zero-order valence-corrected chi connectivity index (χ0v) is 14.3. The maximum atomic E-state index is 13.5. The lowest BCUT2D eigenvalue weighted by Crippen LogP contribution is -2.16. The predicted octanol–water partition coefficient (Wildman–Crippen LogP) is 3.69. The molecule has 2 aromatic heterocycles. The number of fused-ring (bicyclic) bond motifs is 1. The van der Waals surface area contributed by atoms with Gasteiger partial charge in [0.05, 0.1) is 5.69 Å². The molecule has 0 radical (unpaired) electrons. The van der Waals surface area contributed by atoms with E-state index in [1.165, 1.54) is 23.5 Å². The van der Waals surface area contributed by atoms with Gasteiger partial charge in [0.2, 0.25) is 0 Å². The van der Waals surface area contributed by atoms with Crippen LogP contribution in [0.5, 0.6) is 0 Å². The van der Waals surface area contributed by atoms with E-state index in [1.54, 1.807) is 29.7 Å². The molecule has 0 atom stereocenters. The van der Waals surface area contributed by atoms with Crippen molar-refractivity contribution in [3.05, 3.63) is 56.9 Å². The number of hydrogen-bond donors (Lipinski definition) is 2. The topological polar surface area (TPSA) is 77.1 Å². The molecular weight excluding hydrogens is 341 g/mol. The molecule has 5 nitrogen and oxygen atoms in total. The van der Waals surface area contributed by atoms with Crippen molar-refractivity contribution in [1.82, 2.24) is 4.57 Å². The number of anilines is 2. The highest BCUT2D eigenvalue weighted by Gasteiger charge is 2.28. The minimum Gasteiger partial charge on any atom is -0.365 e. The molecule has 4 rings (SSSR count). The van der Waals surface area contributed by atoms with Crippen LogP contribution in [0.2, 0.25) is 0 Å². The third-order valence-electron chi connectivity index (χ3n) is 4.34. The summed E-state index contributed by atoms with van der Waals surface area (Å²) in [5.74, 6) is -0.851. The molecule has 0 unspecified atom stereocenters. The average molecular weight is 357 g/mol. The van der Waals surface area contributed by atoms with Crippen LogP contribution in [0.15, 0.2) is 35.1 Å². The molecule has 0 aliphatic heterocycles. The molecular formula is C18H16FN3O2S. The second-order valence-electron chi connectivity index (χ2n) is 6.25. The summed E-state index contributed by atoms with van der Waals surface area (Å²) in [4.78, 5) is 25.3. The van der Waals surface area contributed by atoms with Crippen molar-refractivity contribution in [1.29, 1.82) is 0 Å². The summed E-state index contributed by atoms with van der Waals surface area (Å²) in [5, 5.41) is 3.95. The molecule has 1 saturated carbocycles. The molecule has 1 fully saturated rings. The Morgan fingerprint density at radius 3 is 2.72 bits per heavy atom. The molecule has 25 heavy (non-hydrogen) atoms. The average Bonchev–Trinajstić information content (AvgIpc) is 3.33. The van der Waals surface area contributed by atoms with Crippen molar-refractivity contribution in [2.45, 2.75) is 25.8 Å². The number of aromatic nitrogens is 1. The van der Waals surface area contributed by atoms with Crippen LogP contribution in [0.25, 0.3) is 10.2 Å². The highest BCUT2D eigenvalue weighted by molar-refractivity contribution is 7.21. The van der Waals surface area contributed by atoms with E-state index in [-0.39, 0.29) is 17.4 Å². The van der Waals surface area contributed by atoms with Gasteiger partial charge in [-0.15, -0.1) is 11.3 Å². The largest absolute Gasteiger partial charge is 0.365 e. The summed E-state index contributed by atoms with van der Waals surface area (Å²) in [6.07, 6.45) is 1.92. The van der Waals surface area contributed by atoms with Gasteiger partial charge >= 0.3 is 0 Å². The van der Waals surface area contributed by atoms with Gasteiger partial charge in [-0.25, -0.2) is 4.39 Å². The number of thiophene rings is 1. The molecule has 0 spiro atoms. The van der Waals surface area contributed by atoms with Gasteiger partial charge in [0.1, 0.15) is 15.5 Å². The fraction of sp³-hybridized carbons (Fsp3) is 0.222. The Labute approximate surface area is 146 Å². The number of primary amides is 1. The van der Waals surface area contributed by atoms with Gasteiger partial charge in [0.25, 0.3) is 11.5 Å². The Morgan fingerprint density at radius 2 is 2.08 bits per heavy atom. The molecule has 0 saturated heterocycles. The van der Waals surface area contributed by atoms with E-state index in [1.807, 2.05) is 0 Å². The molecule has 1 amide bonds. The predicted molar refractivity (Wildman–Crippen MR) is 97.3 cm³/mol. The van der Waals surface area contributed by atoms with Gasteiger partial charge in [-0.3, -0.25) is 14.2 Å². The lowest BCUT2D eigenvalue weighted by atomic mass is 10.2. The van der Waals surface area contributed by atoms with E-state index in [2.05, 4.69) is 5.32 Å². The normalized spacial score (nSPS) is 14.0. The van der Waals surface area contributed by atoms with Gasteiger partial charge in [-0.05, 0) is 49.6 Å². The first-order chi connectivity index (χ1) is 12.0. The number of aryl methyl sites for hydroxylation is 1. The van der Waals surface area contributed by atoms with Crippen LogP contribution in [0.1, 0.15) is 34.1 Å². The molecule has 1 aromatic carbocycles. The van der Waals surface area contributed by atoms with Crippen LogP contribution in [-0.4, -0.2) is 10.5 Å². The number of carbonyl (C=O) groups excluding carboxylic acids is 1. The van der Waals surface area contributed by atoms with Gasteiger partial charge in [0, 0.05) is 23.2 Å². The van der Waals surface area contributed by atoms with Crippen LogP contribution in [-0.2, 0) is 0 Å². The summed E-state index contributed by atoms with van der Waals surface area (Å²) in [5.41, 5.74) is 7.20. The Morgan fingerprint density at radius 1 is 1.32 bits per heavy atom. The van der Waals surface area contributed by atoms with Crippen LogP contribution in [0.4, 0.5) is 15.8 Å². The number of nitrogens with two attached hydrogens (primary N) is 1. The summed E-state index contributed by atoms with van der Waals surface area (Å²) in [6, 6.07) is 8.05. The van der Waals surface area contributed by atoms with E-state index >= 15 is 0 Å². The first-order valence-electron chi connectivity index (χ1n) is 7.96. The number of benzene rings is 1. The Bertz CT molecular complexity index is 1070. The highest BCUT2D eigenvalue weighted by atomic mass is 32.1. The van der Waals surface area contributed by atoms with E-state index in [0.29, 0.717) is 21.8 Å². The number of carbonyl (C=O) groups is 1. The molecule has 0 bridgehead atoms. The number of halogens is 1. The zero-order valence-electron chi connectivity index (χ0n) is 13.5. The summed E-state index contributed by atoms with van der Waals surface area (Å²) >= 11 is 1.22. The molecule has 7 heteroatoms. The molecule has 3 aromatic rings. The third kappa shape index (κ3) is 2.70. The second-order valence-corrected chi connectivity index (χ2v) is 7.25. The van der Waals surface area contributed by atoms with Crippen molar-refractivity contribution in [2.75, 3.05) is 5.32 Å². The lowest BCUT2D eigenvalue weighted by Gasteiger charge is -2.09. The molecule has 128 valence electrons. The van der Waals surface area contributed by atoms with Crippen LogP contribution in [0.3, 0.4) is 0 Å². The number of hydrogen-bond acceptors (Lipinski definition) is 4. The second kappa shape index (κ2) is 5.70. The maximum Gasteiger partial charge on any atom is 0.261 e. The maximum absolute atomic E-state index is 13.5. The van der Waals surface area contributed by atoms with Crippen LogP contribution < -0.4 is 16.6 Å². The summed E-state index contributed by atoms with van der Waals surface area (Å²) in [7, 11) is 0. The zero-order chi connectivity index (χ0) is 17.7. The molecule has 1 aliphatic rings. The van der Waals surface area contributed by atoms with E-state index < -0.39 is 5.91 Å². The number of amides is 1. The van der Waals surface area contributed by atoms with Gasteiger partial charge in [-0.1, -0.05) is 0 Å². The highest BCUT2D eigenvalue weighted by Crippen LogP contribution is 2.42. The Balaban J connectivity index is 1.90. The van der Waals surface area contributed by atoms with Crippen molar-refractivity contribution in [3.63, 3.8) is 0 Å². The molecule has 1 aliphatic carbocycles. The van der Waals surface area contributed by atoms with Crippen molar-refractivity contribution in [2.24, 2.45) is 5.73 Å². The standard InChI is InChI=1S/C18H16FN3O2S/c1-9-8-10(2-6-13(9)19)21-15-12-5-7-14(23)22(11-3-4-11)18(12)25-16(15)17(20)24/h2,5-8,11,21H,3-4H2,1H3,(H2,20,24). The third-order valence-corrected chi connectivity index (χ3v) is 5.56. The minimum atomic E-state index is -0.558. The van der Waals surface area contributed by atoms with E-state index in [9.17, 15) is 14.0 Å². The number of pyridine rings is 1. The monoisotopic (exact) mass is 357 g/mol. The van der Waals surface area contributed by atoms with Crippen molar-refractivity contribution >= 4 is 38.8 Å². The fourth-order valence-electron chi connectivity index (χ4n) is 2.94. The number of nitrogens with zero attached hydrogens (tertiary/aromatic N) is 1. The molecule has 2 heterocycles. The van der Waals surface area contributed by atoms with Crippen molar-refractivity contribution in [3.8, 4) is 0 Å². The lowest BCUT2D eigenvalue weighted by molar-refractivity contribution is 0.100. The summed E-state index contributed by atoms with van der Waals surface area (Å²) < 4.78 is 15.2. The fourth-order valence-corrected chi connectivity index (χ4v) is 4.12. The Hall–Kier alpha value is -2.67. The Kier molecular flexibility index (Phi) is 3.61. The first-order valence-corrected chi connectivity index (χ1v) is 8.78. The number of rotatable bonds is 4. The van der Waals surface area contributed by atoms with E-state index in [0.717, 1.165) is 23.1 Å². The smallest absolute Gasteiger partial charge is 0.261 e. The van der Waals surface area contributed by atoms with Gasteiger partial charge in [0.15, 0.2) is 0 Å². The van der Waals surface area contributed by atoms with Gasteiger partial charge in [-0.2, -0.15) is 0 Å². The minimum absolute atomic E-state index is 0.0727.